The molecule has 4 atom stereocenters. The zero-order valence-corrected chi connectivity index (χ0v) is 28.3. The Kier molecular flexibility index (Phi) is 16.5. The van der Waals surface area contributed by atoms with Crippen molar-refractivity contribution in [3.63, 3.8) is 0 Å². The number of halogens is 1. The van der Waals surface area contributed by atoms with E-state index in [1.54, 1.807) is 38.2 Å². The fourth-order valence-corrected chi connectivity index (χ4v) is 4.21. The summed E-state index contributed by atoms with van der Waals surface area (Å²) >= 11 is 5.94. The molecule has 4 unspecified atom stereocenters. The number of cyclic esters (lactones) is 1. The van der Waals surface area contributed by atoms with Gasteiger partial charge in [-0.25, -0.2) is 9.59 Å². The normalized spacial score (nSPS) is 18.7. The number of carbonyl (C=O) groups is 4. The second-order valence-corrected chi connectivity index (χ2v) is 13.0. The Balaban J connectivity index is 2.73. The van der Waals surface area contributed by atoms with Gasteiger partial charge in [-0.05, 0) is 46.2 Å². The molecule has 0 aromatic carbocycles. The van der Waals surface area contributed by atoms with Crippen LogP contribution in [0.4, 0.5) is 4.79 Å². The van der Waals surface area contributed by atoms with E-state index in [2.05, 4.69) is 16.0 Å². The van der Waals surface area contributed by atoms with Gasteiger partial charge in [0.1, 0.15) is 18.2 Å². The lowest BCUT2D eigenvalue weighted by molar-refractivity contribution is -0.147. The van der Waals surface area contributed by atoms with Gasteiger partial charge >= 0.3 is 12.1 Å². The number of esters is 1. The van der Waals surface area contributed by atoms with E-state index < -0.39 is 29.6 Å². The molecular formula is C34H50ClN3O6. The summed E-state index contributed by atoms with van der Waals surface area (Å²) < 4.78 is 11.0. The maximum Gasteiger partial charge on any atom is 0.407 e. The summed E-state index contributed by atoms with van der Waals surface area (Å²) in [6.45, 7) is 16.7. The van der Waals surface area contributed by atoms with Gasteiger partial charge in [-0.1, -0.05) is 87.4 Å². The number of nitrogens with one attached hydrogen (secondary N) is 3. The number of alkyl carbamates (subject to hydrolysis) is 1. The minimum absolute atomic E-state index is 0.0368. The van der Waals surface area contributed by atoms with E-state index in [1.165, 1.54) is 12.3 Å². The first kappa shape index (κ1) is 38.4. The van der Waals surface area contributed by atoms with Crippen molar-refractivity contribution in [1.29, 1.82) is 0 Å². The summed E-state index contributed by atoms with van der Waals surface area (Å²) in [6, 6.07) is -0.871. The number of rotatable bonds is 14. The Bertz CT molecular complexity index is 1190. The number of ether oxygens (including phenoxy) is 2. The zero-order valence-electron chi connectivity index (χ0n) is 27.5. The summed E-state index contributed by atoms with van der Waals surface area (Å²) in [5.41, 5.74) is 1.03. The molecule has 0 aromatic rings. The number of allylic oxidation sites excluding steroid dienone is 5. The van der Waals surface area contributed by atoms with Crippen molar-refractivity contribution in [2.45, 2.75) is 106 Å². The molecule has 1 aliphatic heterocycles. The Morgan fingerprint density at radius 2 is 1.75 bits per heavy atom. The van der Waals surface area contributed by atoms with Crippen LogP contribution in [0.15, 0.2) is 71.0 Å². The fraction of sp³-hybridized carbons (Fsp3) is 0.529. The SMILES string of the molecule is CC1=CCC(C(C)/C=C(C)/C=C/C=C\C(=O)NC(C(=O)N/C=C\CC(C/C=C(\C)Cl)OC(=O)NC(C)C)C(C)(C)C)OC1=O. The van der Waals surface area contributed by atoms with E-state index in [1.807, 2.05) is 66.7 Å². The third kappa shape index (κ3) is 15.8. The van der Waals surface area contributed by atoms with Crippen LogP contribution in [0.2, 0.25) is 0 Å². The molecule has 3 N–H and O–H groups in total. The van der Waals surface area contributed by atoms with Gasteiger partial charge in [0.25, 0.3) is 0 Å². The van der Waals surface area contributed by atoms with Gasteiger partial charge in [-0.15, -0.1) is 0 Å². The molecule has 0 bridgehead atoms. The fourth-order valence-electron chi connectivity index (χ4n) is 4.12. The summed E-state index contributed by atoms with van der Waals surface area (Å²) in [5, 5.41) is 8.78. The largest absolute Gasteiger partial charge is 0.458 e. The highest BCUT2D eigenvalue weighted by molar-refractivity contribution is 6.29. The van der Waals surface area contributed by atoms with Gasteiger partial charge in [0, 0.05) is 47.9 Å². The number of hydrogen-bond donors (Lipinski definition) is 3. The molecule has 244 valence electrons. The summed E-state index contributed by atoms with van der Waals surface area (Å²) in [7, 11) is 0. The highest BCUT2D eigenvalue weighted by Crippen LogP contribution is 2.22. The summed E-state index contributed by atoms with van der Waals surface area (Å²) in [6.07, 6.45) is 15.7. The van der Waals surface area contributed by atoms with Gasteiger partial charge in [-0.2, -0.15) is 0 Å². The van der Waals surface area contributed by atoms with Crippen LogP contribution in [0.5, 0.6) is 0 Å². The van der Waals surface area contributed by atoms with Gasteiger partial charge in [0.15, 0.2) is 0 Å². The minimum Gasteiger partial charge on any atom is -0.458 e. The molecule has 1 aliphatic rings. The lowest BCUT2D eigenvalue weighted by atomic mass is 9.86. The Morgan fingerprint density at radius 3 is 2.34 bits per heavy atom. The van der Waals surface area contributed by atoms with Crippen molar-refractivity contribution in [2.75, 3.05) is 0 Å². The van der Waals surface area contributed by atoms with Crippen LogP contribution in [-0.4, -0.2) is 48.2 Å². The molecule has 9 nitrogen and oxygen atoms in total. The molecule has 0 saturated heterocycles. The van der Waals surface area contributed by atoms with E-state index in [9.17, 15) is 19.2 Å². The zero-order chi connectivity index (χ0) is 33.4. The number of hydrogen-bond acceptors (Lipinski definition) is 6. The topological polar surface area (TPSA) is 123 Å². The van der Waals surface area contributed by atoms with E-state index in [0.717, 1.165) is 5.57 Å². The average Bonchev–Trinajstić information content (AvgIpc) is 2.90. The Hall–Kier alpha value is -3.59. The number of carbonyl (C=O) groups excluding carboxylic acids is 4. The third-order valence-corrected chi connectivity index (χ3v) is 6.72. The first-order chi connectivity index (χ1) is 20.5. The lowest BCUT2D eigenvalue weighted by Gasteiger charge is -2.29. The summed E-state index contributed by atoms with van der Waals surface area (Å²) in [4.78, 5) is 49.5. The highest BCUT2D eigenvalue weighted by atomic mass is 35.5. The maximum absolute atomic E-state index is 13.0. The molecule has 0 radical (unpaired) electrons. The molecule has 44 heavy (non-hydrogen) atoms. The van der Waals surface area contributed by atoms with Crippen LogP contribution in [-0.2, 0) is 23.9 Å². The van der Waals surface area contributed by atoms with Crippen LogP contribution < -0.4 is 16.0 Å². The lowest BCUT2D eigenvalue weighted by Crippen LogP contribution is -2.52. The van der Waals surface area contributed by atoms with Crippen molar-refractivity contribution < 1.29 is 28.7 Å². The summed E-state index contributed by atoms with van der Waals surface area (Å²) in [5.74, 6) is -1.03. The molecular weight excluding hydrogens is 582 g/mol. The molecule has 1 heterocycles. The molecule has 0 fully saturated rings. The quantitative estimate of drug-likeness (QED) is 0.114. The van der Waals surface area contributed by atoms with E-state index >= 15 is 0 Å². The standard InChI is InChI=1S/C34H50ClN3O6/c1-22(2)37-33(42)43-27(18-17-26(6)35)14-12-20-36-31(40)30(34(7,8)9)38-29(39)15-11-10-13-23(3)21-25(5)28-19-16-24(4)32(41)44-28/h10-13,15-17,20-22,25,27-28,30H,14,18-19H2,1-9H3,(H,36,40)(H,37,42)(H,38,39)/b13-10+,15-11-,20-12-,23-21+,26-17+. The Morgan fingerprint density at radius 1 is 1.09 bits per heavy atom. The molecule has 1 rings (SSSR count). The van der Waals surface area contributed by atoms with Crippen LogP contribution >= 0.6 is 11.6 Å². The van der Waals surface area contributed by atoms with E-state index in [0.29, 0.717) is 29.9 Å². The molecule has 0 spiro atoms. The predicted octanol–water partition coefficient (Wildman–Crippen LogP) is 6.53. The van der Waals surface area contributed by atoms with Crippen LogP contribution in [0, 0.1) is 11.3 Å². The monoisotopic (exact) mass is 631 g/mol. The van der Waals surface area contributed by atoms with Crippen molar-refractivity contribution in [1.82, 2.24) is 16.0 Å². The van der Waals surface area contributed by atoms with Crippen LogP contribution in [0.25, 0.3) is 0 Å². The molecule has 0 aliphatic carbocycles. The molecule has 10 heteroatoms. The predicted molar refractivity (Wildman–Crippen MR) is 176 cm³/mol. The van der Waals surface area contributed by atoms with Gasteiger partial charge < -0.3 is 25.4 Å². The van der Waals surface area contributed by atoms with Crippen molar-refractivity contribution in [3.05, 3.63) is 71.0 Å². The van der Waals surface area contributed by atoms with E-state index in [-0.39, 0.29) is 29.9 Å². The smallest absolute Gasteiger partial charge is 0.407 e. The number of amides is 3. The van der Waals surface area contributed by atoms with Crippen molar-refractivity contribution in [3.8, 4) is 0 Å². The van der Waals surface area contributed by atoms with Crippen LogP contribution in [0.3, 0.4) is 0 Å². The van der Waals surface area contributed by atoms with Gasteiger partial charge in [-0.3, -0.25) is 9.59 Å². The first-order valence-electron chi connectivity index (χ1n) is 15.0. The maximum atomic E-state index is 13.0. The van der Waals surface area contributed by atoms with Crippen molar-refractivity contribution in [2.24, 2.45) is 11.3 Å². The second kappa shape index (κ2) is 18.9. The van der Waals surface area contributed by atoms with Gasteiger partial charge in [0.2, 0.25) is 11.8 Å². The first-order valence-corrected chi connectivity index (χ1v) is 15.3. The highest BCUT2D eigenvalue weighted by Gasteiger charge is 2.32. The molecule has 0 saturated carbocycles. The second-order valence-electron chi connectivity index (χ2n) is 12.4. The molecule has 3 amide bonds. The minimum atomic E-state index is -0.808. The van der Waals surface area contributed by atoms with Gasteiger partial charge in [0.05, 0.1) is 0 Å². The molecule has 0 aromatic heterocycles. The average molecular weight is 632 g/mol. The third-order valence-electron chi connectivity index (χ3n) is 6.57. The van der Waals surface area contributed by atoms with Crippen molar-refractivity contribution >= 4 is 35.5 Å². The van der Waals surface area contributed by atoms with E-state index in [4.69, 9.17) is 21.1 Å². The van der Waals surface area contributed by atoms with Crippen LogP contribution in [0.1, 0.15) is 81.6 Å². The Labute approximate surface area is 267 Å².